The average Bonchev–Trinajstić information content (AvgIpc) is 2.27. The summed E-state index contributed by atoms with van der Waals surface area (Å²) in [4.78, 5) is 0. The molecule has 2 rings (SSSR count). The normalized spacial score (nSPS) is 21.9. The van der Waals surface area contributed by atoms with Gasteiger partial charge in [0, 0.05) is 23.7 Å². The van der Waals surface area contributed by atoms with E-state index in [0.717, 1.165) is 24.9 Å². The summed E-state index contributed by atoms with van der Waals surface area (Å²) >= 11 is 0. The Morgan fingerprint density at radius 3 is 2.35 bits per heavy atom. The molecule has 0 bridgehead atoms. The fraction of sp³-hybridized carbons (Fsp3) is 0.647. The minimum atomic E-state index is -0.115. The second-order valence-corrected chi connectivity index (χ2v) is 7.46. The Hall–Kier alpha value is -0.930. The Labute approximate surface area is 122 Å². The average molecular weight is 278 g/mol. The van der Waals surface area contributed by atoms with E-state index in [9.17, 15) is 4.39 Å². The van der Waals surface area contributed by atoms with Crippen molar-refractivity contribution in [1.82, 2.24) is 10.6 Å². The lowest BCUT2D eigenvalue weighted by atomic mass is 9.79. The number of aryl methyl sites for hydroxylation is 1. The van der Waals surface area contributed by atoms with Crippen LogP contribution in [0, 0.1) is 12.7 Å². The van der Waals surface area contributed by atoms with E-state index in [1.807, 2.05) is 12.1 Å². The molecule has 2 N–H and O–H groups in total. The molecule has 0 atom stereocenters. The summed E-state index contributed by atoms with van der Waals surface area (Å²) in [5.74, 6) is -0.115. The highest BCUT2D eigenvalue weighted by molar-refractivity contribution is 5.23. The van der Waals surface area contributed by atoms with Crippen LogP contribution in [0.1, 0.15) is 51.7 Å². The van der Waals surface area contributed by atoms with Crippen LogP contribution in [0.2, 0.25) is 0 Å². The lowest BCUT2D eigenvalue weighted by Crippen LogP contribution is -2.61. The Bertz CT molecular complexity index is 464. The molecule has 1 aliphatic rings. The van der Waals surface area contributed by atoms with Crippen LogP contribution in [0.3, 0.4) is 0 Å². The third-order valence-corrected chi connectivity index (χ3v) is 4.02. The Morgan fingerprint density at radius 2 is 1.80 bits per heavy atom. The van der Waals surface area contributed by atoms with E-state index in [1.54, 1.807) is 13.0 Å². The van der Waals surface area contributed by atoms with E-state index in [0.29, 0.717) is 11.6 Å². The largest absolute Gasteiger partial charge is 0.310 e. The van der Waals surface area contributed by atoms with E-state index in [4.69, 9.17) is 0 Å². The van der Waals surface area contributed by atoms with Gasteiger partial charge in [0.05, 0.1) is 0 Å². The minimum Gasteiger partial charge on any atom is -0.310 e. The van der Waals surface area contributed by atoms with Gasteiger partial charge in [-0.2, -0.15) is 0 Å². The topological polar surface area (TPSA) is 24.1 Å². The van der Waals surface area contributed by atoms with Gasteiger partial charge in [-0.3, -0.25) is 0 Å². The van der Waals surface area contributed by atoms with Crippen LogP contribution in [-0.4, -0.2) is 17.1 Å². The van der Waals surface area contributed by atoms with Crippen LogP contribution in [0.15, 0.2) is 18.2 Å². The van der Waals surface area contributed by atoms with Crippen molar-refractivity contribution in [3.8, 4) is 0 Å². The monoisotopic (exact) mass is 278 g/mol. The molecule has 112 valence electrons. The smallest absolute Gasteiger partial charge is 0.126 e. The summed E-state index contributed by atoms with van der Waals surface area (Å²) < 4.78 is 13.6. The molecule has 0 saturated carbocycles. The molecule has 3 heteroatoms. The highest BCUT2D eigenvalue weighted by atomic mass is 19.1. The van der Waals surface area contributed by atoms with Gasteiger partial charge < -0.3 is 10.6 Å². The third-order valence-electron chi connectivity index (χ3n) is 4.02. The molecule has 0 radical (unpaired) electrons. The first-order chi connectivity index (χ1) is 9.17. The van der Waals surface area contributed by atoms with E-state index in [1.165, 1.54) is 0 Å². The van der Waals surface area contributed by atoms with Gasteiger partial charge in [0.2, 0.25) is 0 Å². The van der Waals surface area contributed by atoms with Crippen LogP contribution in [-0.2, 0) is 6.54 Å². The van der Waals surface area contributed by atoms with Gasteiger partial charge >= 0.3 is 0 Å². The van der Waals surface area contributed by atoms with E-state index >= 15 is 0 Å². The van der Waals surface area contributed by atoms with Gasteiger partial charge in [-0.15, -0.1) is 0 Å². The maximum Gasteiger partial charge on any atom is 0.126 e. The number of halogens is 1. The number of nitrogens with one attached hydrogen (secondary N) is 2. The summed E-state index contributed by atoms with van der Waals surface area (Å²) in [6, 6.07) is 5.95. The first-order valence-electron chi connectivity index (χ1n) is 7.45. The number of benzene rings is 1. The second-order valence-electron chi connectivity index (χ2n) is 7.46. The maximum absolute atomic E-state index is 13.6. The van der Waals surface area contributed by atoms with E-state index in [-0.39, 0.29) is 16.9 Å². The van der Waals surface area contributed by atoms with Crippen molar-refractivity contribution in [2.45, 2.75) is 71.1 Å². The number of hydrogen-bond acceptors (Lipinski definition) is 2. The maximum atomic E-state index is 13.6. The molecule has 1 saturated heterocycles. The summed E-state index contributed by atoms with van der Waals surface area (Å²) in [5, 5.41) is 7.27. The van der Waals surface area contributed by atoms with Crippen LogP contribution in [0.4, 0.5) is 4.39 Å². The van der Waals surface area contributed by atoms with Crippen molar-refractivity contribution in [3.63, 3.8) is 0 Å². The van der Waals surface area contributed by atoms with E-state index in [2.05, 4.69) is 38.3 Å². The van der Waals surface area contributed by atoms with Crippen LogP contribution >= 0.6 is 0 Å². The predicted molar refractivity (Wildman–Crippen MR) is 82.3 cm³/mol. The molecule has 1 aromatic rings. The Balaban J connectivity index is 1.98. The lowest BCUT2D eigenvalue weighted by Gasteiger charge is -2.46. The number of hydrogen-bond donors (Lipinski definition) is 2. The van der Waals surface area contributed by atoms with Gasteiger partial charge in [-0.05, 0) is 64.7 Å². The minimum absolute atomic E-state index is 0.115. The molecule has 1 aromatic carbocycles. The standard InChI is InChI=1S/C17H27FN2/c1-12-6-7-13(8-15(12)18)11-19-14-9-16(2,3)20-17(4,5)10-14/h6-8,14,19-20H,9-11H2,1-5H3. The Kier molecular flexibility index (Phi) is 4.22. The quantitative estimate of drug-likeness (QED) is 0.884. The van der Waals surface area contributed by atoms with Gasteiger partial charge in [-0.25, -0.2) is 4.39 Å². The first kappa shape index (κ1) is 15.5. The number of rotatable bonds is 3. The summed E-state index contributed by atoms with van der Waals surface area (Å²) in [7, 11) is 0. The van der Waals surface area contributed by atoms with Crippen LogP contribution in [0.5, 0.6) is 0 Å². The van der Waals surface area contributed by atoms with Crippen molar-refractivity contribution < 1.29 is 4.39 Å². The molecule has 1 heterocycles. The molecule has 0 unspecified atom stereocenters. The summed E-state index contributed by atoms with van der Waals surface area (Å²) in [5.41, 5.74) is 2.00. The molecular weight excluding hydrogens is 251 g/mol. The molecule has 2 nitrogen and oxygen atoms in total. The fourth-order valence-corrected chi connectivity index (χ4v) is 3.48. The summed E-state index contributed by atoms with van der Waals surface area (Å²) in [6.45, 7) is 11.5. The fourth-order valence-electron chi connectivity index (χ4n) is 3.48. The van der Waals surface area contributed by atoms with Gasteiger partial charge in [0.25, 0.3) is 0 Å². The van der Waals surface area contributed by atoms with Crippen molar-refractivity contribution in [3.05, 3.63) is 35.1 Å². The highest BCUT2D eigenvalue weighted by Crippen LogP contribution is 2.28. The van der Waals surface area contributed by atoms with Gasteiger partial charge in [0.15, 0.2) is 0 Å². The van der Waals surface area contributed by atoms with Crippen molar-refractivity contribution in [1.29, 1.82) is 0 Å². The van der Waals surface area contributed by atoms with Crippen LogP contribution in [0.25, 0.3) is 0 Å². The zero-order valence-electron chi connectivity index (χ0n) is 13.3. The van der Waals surface area contributed by atoms with Crippen molar-refractivity contribution in [2.75, 3.05) is 0 Å². The number of piperidine rings is 1. The van der Waals surface area contributed by atoms with Crippen molar-refractivity contribution in [2.24, 2.45) is 0 Å². The molecule has 1 aliphatic heterocycles. The first-order valence-corrected chi connectivity index (χ1v) is 7.45. The molecule has 0 aliphatic carbocycles. The zero-order chi connectivity index (χ0) is 15.0. The third kappa shape index (κ3) is 4.03. The molecule has 1 fully saturated rings. The molecule has 0 aromatic heterocycles. The van der Waals surface area contributed by atoms with Crippen molar-refractivity contribution >= 4 is 0 Å². The second kappa shape index (κ2) is 5.45. The van der Waals surface area contributed by atoms with Gasteiger partial charge in [-0.1, -0.05) is 12.1 Å². The molecule has 0 amide bonds. The Morgan fingerprint density at radius 1 is 1.20 bits per heavy atom. The van der Waals surface area contributed by atoms with Gasteiger partial charge in [0.1, 0.15) is 5.82 Å². The highest BCUT2D eigenvalue weighted by Gasteiger charge is 2.37. The SMILES string of the molecule is Cc1ccc(CNC2CC(C)(C)NC(C)(C)C2)cc1F. The molecular formula is C17H27FN2. The predicted octanol–water partition coefficient (Wildman–Crippen LogP) is 3.53. The molecule has 0 spiro atoms. The van der Waals surface area contributed by atoms with Crippen LogP contribution < -0.4 is 10.6 Å². The lowest BCUT2D eigenvalue weighted by molar-refractivity contribution is 0.145. The summed E-state index contributed by atoms with van der Waals surface area (Å²) in [6.07, 6.45) is 2.18. The van der Waals surface area contributed by atoms with E-state index < -0.39 is 0 Å². The molecule has 20 heavy (non-hydrogen) atoms. The zero-order valence-corrected chi connectivity index (χ0v) is 13.3.